The highest BCUT2D eigenvalue weighted by atomic mass is 16.5. The van der Waals surface area contributed by atoms with Gasteiger partial charge in [-0.05, 0) is 53.9 Å². The summed E-state index contributed by atoms with van der Waals surface area (Å²) >= 11 is 0. The van der Waals surface area contributed by atoms with Crippen LogP contribution in [0.25, 0.3) is 10.9 Å². The van der Waals surface area contributed by atoms with Crippen LogP contribution < -0.4 is 9.47 Å². The summed E-state index contributed by atoms with van der Waals surface area (Å²) in [5, 5.41) is 1.07. The van der Waals surface area contributed by atoms with E-state index in [-0.39, 0.29) is 24.3 Å². The number of amides is 2. The molecule has 2 aliphatic rings. The molecule has 4 aromatic rings. The van der Waals surface area contributed by atoms with Gasteiger partial charge in [-0.25, -0.2) is 0 Å². The van der Waals surface area contributed by atoms with Crippen molar-refractivity contribution in [3.8, 4) is 11.5 Å². The number of carbonyl (C=O) groups excluding carboxylic acids is 2. The number of fused-ring (bicyclic) bond motifs is 5. The van der Waals surface area contributed by atoms with Crippen LogP contribution in [-0.4, -0.2) is 53.9 Å². The summed E-state index contributed by atoms with van der Waals surface area (Å²) < 4.78 is 10.7. The number of piperazine rings is 1. The molecular weight excluding hydrogens is 466 g/mol. The molecule has 188 valence electrons. The molecule has 2 amide bonds. The van der Waals surface area contributed by atoms with Crippen molar-refractivity contribution in [2.45, 2.75) is 24.9 Å². The van der Waals surface area contributed by atoms with Crippen LogP contribution >= 0.6 is 0 Å². The first-order valence-electron chi connectivity index (χ1n) is 12.4. The second-order valence-corrected chi connectivity index (χ2v) is 9.87. The lowest BCUT2D eigenvalue weighted by Crippen LogP contribution is -2.67. The van der Waals surface area contributed by atoms with E-state index in [0.717, 1.165) is 44.8 Å². The van der Waals surface area contributed by atoms with E-state index >= 15 is 0 Å². The number of hydrogen-bond donors (Lipinski definition) is 1. The normalized spacial score (nSPS) is 21.1. The molecule has 0 unspecified atom stereocenters. The molecule has 0 saturated carbocycles. The van der Waals surface area contributed by atoms with E-state index in [0.29, 0.717) is 13.1 Å². The van der Waals surface area contributed by atoms with Gasteiger partial charge in [0.15, 0.2) is 5.54 Å². The van der Waals surface area contributed by atoms with Crippen molar-refractivity contribution in [1.82, 2.24) is 14.8 Å². The Morgan fingerprint density at radius 2 is 1.70 bits per heavy atom. The Morgan fingerprint density at radius 1 is 0.946 bits per heavy atom. The van der Waals surface area contributed by atoms with Gasteiger partial charge < -0.3 is 24.3 Å². The molecule has 1 aromatic heterocycles. The molecule has 0 aliphatic carbocycles. The third-order valence-electron chi connectivity index (χ3n) is 7.84. The van der Waals surface area contributed by atoms with Crippen LogP contribution in [0.4, 0.5) is 0 Å². The minimum atomic E-state index is -1.13. The largest absolute Gasteiger partial charge is 0.497 e. The summed E-state index contributed by atoms with van der Waals surface area (Å²) in [5.74, 6) is 1.27. The average molecular weight is 496 g/mol. The van der Waals surface area contributed by atoms with Crippen molar-refractivity contribution in [2.24, 2.45) is 0 Å². The maximum Gasteiger partial charge on any atom is 0.255 e. The van der Waals surface area contributed by atoms with Crippen LogP contribution in [0, 0.1) is 0 Å². The predicted octanol–water partition coefficient (Wildman–Crippen LogP) is 4.42. The van der Waals surface area contributed by atoms with Gasteiger partial charge in [-0.3, -0.25) is 9.59 Å². The molecule has 1 saturated heterocycles. The zero-order valence-electron chi connectivity index (χ0n) is 21.2. The number of ether oxygens (including phenoxy) is 2. The van der Waals surface area contributed by atoms with Gasteiger partial charge >= 0.3 is 0 Å². The second kappa shape index (κ2) is 8.69. The number of nitrogens with zero attached hydrogens (tertiary/aromatic N) is 2. The number of nitrogens with one attached hydrogen (secondary N) is 1. The van der Waals surface area contributed by atoms with Gasteiger partial charge in [-0.2, -0.15) is 0 Å². The highest BCUT2D eigenvalue weighted by Crippen LogP contribution is 2.48. The SMILES string of the molecule is COc1ccc([C@@H]2CN3C(=O)CN(Cc4cccc(OC)c4)C(=O)[C@]3(C)c3[nH]c4ccccc4c32)cc1. The van der Waals surface area contributed by atoms with E-state index in [1.807, 2.05) is 73.7 Å². The maximum atomic E-state index is 14.2. The molecule has 2 aliphatic heterocycles. The standard InChI is InChI=1S/C30H29N3O4/c1-30-28-27(23-9-4-5-10-25(23)31-28)24(20-11-13-21(36-2)14-12-20)17-33(30)26(34)18-32(29(30)35)16-19-7-6-8-22(15-19)37-3/h4-15,24,31H,16-18H2,1-3H3/t24-,30-/m0/s1. The molecule has 0 spiro atoms. The van der Waals surface area contributed by atoms with Gasteiger partial charge in [0.1, 0.15) is 18.0 Å². The van der Waals surface area contributed by atoms with Crippen LogP contribution in [0.5, 0.6) is 11.5 Å². The van der Waals surface area contributed by atoms with Crippen molar-refractivity contribution in [2.75, 3.05) is 27.3 Å². The molecule has 1 fully saturated rings. The Morgan fingerprint density at radius 3 is 2.46 bits per heavy atom. The molecule has 3 aromatic carbocycles. The number of methoxy groups -OCH3 is 2. The van der Waals surface area contributed by atoms with Gasteiger partial charge in [-0.1, -0.05) is 42.5 Å². The number of hydrogen-bond acceptors (Lipinski definition) is 4. The van der Waals surface area contributed by atoms with Crippen LogP contribution in [-0.2, 0) is 21.7 Å². The molecular formula is C30H29N3O4. The highest BCUT2D eigenvalue weighted by Gasteiger charge is 2.56. The number of aromatic amines is 1. The first-order chi connectivity index (χ1) is 17.9. The number of benzene rings is 3. The van der Waals surface area contributed by atoms with Gasteiger partial charge in [0.25, 0.3) is 5.91 Å². The Hall–Kier alpha value is -4.26. The third kappa shape index (κ3) is 3.56. The van der Waals surface area contributed by atoms with Crippen molar-refractivity contribution in [1.29, 1.82) is 0 Å². The van der Waals surface area contributed by atoms with Gasteiger partial charge in [0.2, 0.25) is 5.91 Å². The van der Waals surface area contributed by atoms with E-state index in [1.54, 1.807) is 24.0 Å². The first kappa shape index (κ1) is 23.2. The second-order valence-electron chi connectivity index (χ2n) is 9.87. The monoisotopic (exact) mass is 495 g/mol. The van der Waals surface area contributed by atoms with Crippen LogP contribution in [0.15, 0.2) is 72.8 Å². The van der Waals surface area contributed by atoms with E-state index in [1.165, 1.54) is 0 Å². The maximum absolute atomic E-state index is 14.2. The number of rotatable bonds is 5. The van der Waals surface area contributed by atoms with Crippen LogP contribution in [0.2, 0.25) is 0 Å². The lowest BCUT2D eigenvalue weighted by molar-refractivity contribution is -0.166. The number of para-hydroxylation sites is 1. The fraction of sp³-hybridized carbons (Fsp3) is 0.267. The van der Waals surface area contributed by atoms with Crippen molar-refractivity contribution >= 4 is 22.7 Å². The molecule has 3 heterocycles. The van der Waals surface area contributed by atoms with Crippen molar-refractivity contribution < 1.29 is 19.1 Å². The number of H-pyrrole nitrogens is 1. The number of carbonyl (C=O) groups is 2. The lowest BCUT2D eigenvalue weighted by Gasteiger charge is -2.51. The summed E-state index contributed by atoms with van der Waals surface area (Å²) in [6.45, 7) is 2.68. The minimum Gasteiger partial charge on any atom is -0.497 e. The molecule has 0 bridgehead atoms. The van der Waals surface area contributed by atoms with Crippen LogP contribution in [0.1, 0.15) is 35.2 Å². The molecule has 1 N–H and O–H groups in total. The van der Waals surface area contributed by atoms with E-state index in [4.69, 9.17) is 9.47 Å². The Kier molecular flexibility index (Phi) is 5.44. The lowest BCUT2D eigenvalue weighted by atomic mass is 9.76. The van der Waals surface area contributed by atoms with Crippen molar-refractivity contribution in [3.05, 3.63) is 95.2 Å². The van der Waals surface area contributed by atoms with Gasteiger partial charge in [-0.15, -0.1) is 0 Å². The molecule has 37 heavy (non-hydrogen) atoms. The quantitative estimate of drug-likeness (QED) is 0.445. The molecule has 0 radical (unpaired) electrons. The van der Waals surface area contributed by atoms with Gasteiger partial charge in [0.05, 0.1) is 19.9 Å². The van der Waals surface area contributed by atoms with E-state index in [2.05, 4.69) is 11.1 Å². The fourth-order valence-corrected chi connectivity index (χ4v) is 5.93. The first-order valence-corrected chi connectivity index (χ1v) is 12.4. The zero-order valence-corrected chi connectivity index (χ0v) is 21.2. The minimum absolute atomic E-state index is 0.0382. The summed E-state index contributed by atoms with van der Waals surface area (Å²) in [6, 6.07) is 23.7. The molecule has 7 heteroatoms. The number of aromatic nitrogens is 1. The van der Waals surface area contributed by atoms with E-state index < -0.39 is 5.54 Å². The Balaban J connectivity index is 1.47. The molecule has 2 atom stereocenters. The Labute approximate surface area is 215 Å². The fourth-order valence-electron chi connectivity index (χ4n) is 5.93. The molecule has 7 nitrogen and oxygen atoms in total. The topological polar surface area (TPSA) is 74.9 Å². The zero-order chi connectivity index (χ0) is 25.7. The van der Waals surface area contributed by atoms with Crippen molar-refractivity contribution in [3.63, 3.8) is 0 Å². The summed E-state index contributed by atoms with van der Waals surface area (Å²) in [5.41, 5.74) is 3.68. The summed E-state index contributed by atoms with van der Waals surface area (Å²) in [7, 11) is 3.26. The highest BCUT2D eigenvalue weighted by molar-refractivity contribution is 6.01. The average Bonchev–Trinajstić information content (AvgIpc) is 3.33. The smallest absolute Gasteiger partial charge is 0.255 e. The predicted molar refractivity (Wildman–Crippen MR) is 141 cm³/mol. The summed E-state index contributed by atoms with van der Waals surface area (Å²) in [6.07, 6.45) is 0. The van der Waals surface area contributed by atoms with Gasteiger partial charge in [0, 0.05) is 29.9 Å². The molecule has 6 rings (SSSR count). The van der Waals surface area contributed by atoms with E-state index in [9.17, 15) is 9.59 Å². The third-order valence-corrected chi connectivity index (χ3v) is 7.84. The van der Waals surface area contributed by atoms with Crippen LogP contribution in [0.3, 0.4) is 0 Å². The Bertz CT molecular complexity index is 1510. The summed E-state index contributed by atoms with van der Waals surface area (Å²) in [4.78, 5) is 34.9.